The number of fused-ring (bicyclic) bond motifs is 1. The van der Waals surface area contributed by atoms with Gasteiger partial charge in [0.15, 0.2) is 5.65 Å². The average Bonchev–Trinajstić information content (AvgIpc) is 2.58. The van der Waals surface area contributed by atoms with E-state index in [1.165, 1.54) is 0 Å². The van der Waals surface area contributed by atoms with Crippen molar-refractivity contribution in [2.24, 2.45) is 0 Å². The van der Waals surface area contributed by atoms with Gasteiger partial charge < -0.3 is 5.32 Å². The van der Waals surface area contributed by atoms with Gasteiger partial charge in [0.05, 0.1) is 6.20 Å². The number of carbonyl (C=O) groups excluding carboxylic acids is 1. The smallest absolute Gasteiger partial charge is 0.257 e. The van der Waals surface area contributed by atoms with E-state index in [1.807, 2.05) is 40.7 Å². The Balaban J connectivity index is 2.49. The third-order valence-corrected chi connectivity index (χ3v) is 2.51. The van der Waals surface area contributed by atoms with Gasteiger partial charge in [0, 0.05) is 16.9 Å². The summed E-state index contributed by atoms with van der Waals surface area (Å²) in [7, 11) is 0. The van der Waals surface area contributed by atoms with Crippen LogP contribution in [0.2, 0.25) is 0 Å². The number of nitrogens with zero attached hydrogens (tertiary/aromatic N) is 3. The van der Waals surface area contributed by atoms with Gasteiger partial charge in [-0.3, -0.25) is 4.79 Å². The highest BCUT2D eigenvalue weighted by molar-refractivity contribution is 6.00. The molecule has 18 heavy (non-hydrogen) atoms. The standard InChI is InChI=1S/C13H18N4O/c1-8-6-9(2)17-11(15-8)10(7-14-17)12(18)16-13(3,4)5/h6-7H,1-5H3,(H,16,18). The van der Waals surface area contributed by atoms with Gasteiger partial charge in [0.25, 0.3) is 5.91 Å². The summed E-state index contributed by atoms with van der Waals surface area (Å²) in [4.78, 5) is 16.5. The van der Waals surface area contributed by atoms with E-state index in [-0.39, 0.29) is 11.4 Å². The van der Waals surface area contributed by atoms with E-state index in [1.54, 1.807) is 10.7 Å². The van der Waals surface area contributed by atoms with Gasteiger partial charge in [-0.2, -0.15) is 5.10 Å². The highest BCUT2D eigenvalue weighted by atomic mass is 16.1. The minimum atomic E-state index is -0.274. The van der Waals surface area contributed by atoms with Crippen LogP contribution in [0.15, 0.2) is 12.3 Å². The number of hydrogen-bond donors (Lipinski definition) is 1. The average molecular weight is 246 g/mol. The van der Waals surface area contributed by atoms with Crippen molar-refractivity contribution in [1.29, 1.82) is 0 Å². The minimum Gasteiger partial charge on any atom is -0.347 e. The van der Waals surface area contributed by atoms with Crippen molar-refractivity contribution in [3.63, 3.8) is 0 Å². The van der Waals surface area contributed by atoms with Gasteiger partial charge in [-0.1, -0.05) is 0 Å². The molecular weight excluding hydrogens is 228 g/mol. The van der Waals surface area contributed by atoms with Gasteiger partial charge in [-0.15, -0.1) is 0 Å². The lowest BCUT2D eigenvalue weighted by molar-refractivity contribution is 0.0921. The molecule has 0 aliphatic rings. The highest BCUT2D eigenvalue weighted by Crippen LogP contribution is 2.13. The van der Waals surface area contributed by atoms with Crippen LogP contribution in [0.3, 0.4) is 0 Å². The minimum absolute atomic E-state index is 0.144. The molecule has 0 unspecified atom stereocenters. The lowest BCUT2D eigenvalue weighted by atomic mass is 10.1. The number of aryl methyl sites for hydroxylation is 2. The van der Waals surface area contributed by atoms with Crippen LogP contribution in [-0.4, -0.2) is 26.0 Å². The molecule has 0 atom stereocenters. The zero-order valence-corrected chi connectivity index (χ0v) is 11.4. The number of amides is 1. The lowest BCUT2D eigenvalue weighted by Gasteiger charge is -2.19. The molecule has 0 spiro atoms. The molecule has 96 valence electrons. The molecule has 2 aromatic heterocycles. The maximum Gasteiger partial charge on any atom is 0.257 e. The van der Waals surface area contributed by atoms with Crippen LogP contribution in [0, 0.1) is 13.8 Å². The first kappa shape index (κ1) is 12.5. The summed E-state index contributed by atoms with van der Waals surface area (Å²) in [6, 6.07) is 1.94. The zero-order valence-electron chi connectivity index (χ0n) is 11.4. The van der Waals surface area contributed by atoms with Crippen LogP contribution < -0.4 is 5.32 Å². The fourth-order valence-electron chi connectivity index (χ4n) is 1.84. The van der Waals surface area contributed by atoms with Crippen molar-refractivity contribution in [2.45, 2.75) is 40.2 Å². The molecule has 0 radical (unpaired) electrons. The lowest BCUT2D eigenvalue weighted by Crippen LogP contribution is -2.40. The van der Waals surface area contributed by atoms with Gasteiger partial charge in [0.2, 0.25) is 0 Å². The summed E-state index contributed by atoms with van der Waals surface area (Å²) < 4.78 is 1.69. The van der Waals surface area contributed by atoms with Crippen molar-refractivity contribution >= 4 is 11.6 Å². The third-order valence-electron chi connectivity index (χ3n) is 2.51. The molecule has 0 aliphatic carbocycles. The van der Waals surface area contributed by atoms with Crippen LogP contribution in [0.1, 0.15) is 42.5 Å². The predicted molar refractivity (Wildman–Crippen MR) is 69.7 cm³/mol. The number of carbonyl (C=O) groups is 1. The van der Waals surface area contributed by atoms with E-state index in [0.29, 0.717) is 11.2 Å². The molecule has 2 heterocycles. The molecule has 1 amide bonds. The third kappa shape index (κ3) is 2.34. The largest absolute Gasteiger partial charge is 0.347 e. The summed E-state index contributed by atoms with van der Waals surface area (Å²) in [6.07, 6.45) is 1.57. The van der Waals surface area contributed by atoms with Crippen LogP contribution in [0.5, 0.6) is 0 Å². The Morgan fingerprint density at radius 3 is 2.61 bits per heavy atom. The maximum absolute atomic E-state index is 12.2. The molecule has 0 saturated carbocycles. The molecule has 0 aliphatic heterocycles. The molecule has 5 heteroatoms. The van der Waals surface area contributed by atoms with Crippen molar-refractivity contribution in [2.75, 3.05) is 0 Å². The first-order valence-corrected chi connectivity index (χ1v) is 5.92. The highest BCUT2D eigenvalue weighted by Gasteiger charge is 2.20. The van der Waals surface area contributed by atoms with E-state index < -0.39 is 0 Å². The topological polar surface area (TPSA) is 59.3 Å². The van der Waals surface area contributed by atoms with E-state index in [4.69, 9.17) is 0 Å². The van der Waals surface area contributed by atoms with Crippen LogP contribution >= 0.6 is 0 Å². The number of rotatable bonds is 1. The molecular formula is C13H18N4O. The normalized spacial score (nSPS) is 11.8. The van der Waals surface area contributed by atoms with Crippen LogP contribution in [0.4, 0.5) is 0 Å². The quantitative estimate of drug-likeness (QED) is 0.835. The van der Waals surface area contributed by atoms with Gasteiger partial charge >= 0.3 is 0 Å². The van der Waals surface area contributed by atoms with Gasteiger partial charge in [-0.25, -0.2) is 9.50 Å². The van der Waals surface area contributed by atoms with Gasteiger partial charge in [-0.05, 0) is 40.7 Å². The Kier molecular flexibility index (Phi) is 2.84. The first-order valence-electron chi connectivity index (χ1n) is 5.92. The Morgan fingerprint density at radius 2 is 2.00 bits per heavy atom. The second-order valence-corrected chi connectivity index (χ2v) is 5.54. The Morgan fingerprint density at radius 1 is 1.33 bits per heavy atom. The molecule has 2 aromatic rings. The first-order chi connectivity index (χ1) is 8.28. The van der Waals surface area contributed by atoms with E-state index in [2.05, 4.69) is 15.4 Å². The summed E-state index contributed by atoms with van der Waals surface area (Å²) in [5.41, 5.74) is 2.69. The second kappa shape index (κ2) is 4.08. The monoisotopic (exact) mass is 246 g/mol. The molecule has 2 rings (SSSR count). The van der Waals surface area contributed by atoms with Crippen LogP contribution in [0.25, 0.3) is 5.65 Å². The summed E-state index contributed by atoms with van der Waals surface area (Å²) in [5, 5.41) is 7.12. The Bertz CT molecular complexity index is 607. The molecule has 5 nitrogen and oxygen atoms in total. The fraction of sp³-hybridized carbons (Fsp3) is 0.462. The molecule has 0 bridgehead atoms. The summed E-state index contributed by atoms with van der Waals surface area (Å²) >= 11 is 0. The Labute approximate surface area is 106 Å². The molecule has 0 saturated heterocycles. The van der Waals surface area contributed by atoms with Crippen molar-refractivity contribution < 1.29 is 4.79 Å². The maximum atomic E-state index is 12.2. The van der Waals surface area contributed by atoms with Crippen molar-refractivity contribution in [3.05, 3.63) is 29.2 Å². The Hall–Kier alpha value is -1.91. The van der Waals surface area contributed by atoms with E-state index >= 15 is 0 Å². The van der Waals surface area contributed by atoms with E-state index in [9.17, 15) is 4.79 Å². The van der Waals surface area contributed by atoms with Crippen molar-refractivity contribution in [3.8, 4) is 0 Å². The zero-order chi connectivity index (χ0) is 13.5. The number of hydrogen-bond acceptors (Lipinski definition) is 3. The SMILES string of the molecule is Cc1cc(C)n2ncc(C(=O)NC(C)(C)C)c2n1. The second-order valence-electron chi connectivity index (χ2n) is 5.54. The number of aromatic nitrogens is 3. The predicted octanol–water partition coefficient (Wildman–Crippen LogP) is 1.87. The number of nitrogens with one attached hydrogen (secondary N) is 1. The summed E-state index contributed by atoms with van der Waals surface area (Å²) in [6.45, 7) is 9.69. The van der Waals surface area contributed by atoms with Gasteiger partial charge in [0.1, 0.15) is 5.56 Å². The van der Waals surface area contributed by atoms with E-state index in [0.717, 1.165) is 11.4 Å². The molecule has 1 N–H and O–H groups in total. The molecule has 0 aromatic carbocycles. The van der Waals surface area contributed by atoms with Crippen LogP contribution in [-0.2, 0) is 0 Å². The fourth-order valence-corrected chi connectivity index (χ4v) is 1.84. The molecule has 0 fully saturated rings. The van der Waals surface area contributed by atoms with Crippen molar-refractivity contribution in [1.82, 2.24) is 19.9 Å². The summed E-state index contributed by atoms with van der Waals surface area (Å²) in [5.74, 6) is -0.144.